The number of benzene rings is 1. The third-order valence-corrected chi connectivity index (χ3v) is 3.64. The second kappa shape index (κ2) is 5.83. The van der Waals surface area contributed by atoms with Crippen LogP contribution < -0.4 is 10.3 Å². The van der Waals surface area contributed by atoms with Crippen LogP contribution in [0.5, 0.6) is 5.75 Å². The zero-order valence-corrected chi connectivity index (χ0v) is 12.7. The molecule has 0 amide bonds. The Morgan fingerprint density at radius 3 is 1.91 bits per heavy atom. The van der Waals surface area contributed by atoms with Gasteiger partial charge in [0.2, 0.25) is 0 Å². The minimum Gasteiger partial charge on any atom is -0.871 e. The maximum atomic E-state index is 12.6. The summed E-state index contributed by atoms with van der Waals surface area (Å²) < 4.78 is 11.4. The summed E-state index contributed by atoms with van der Waals surface area (Å²) in [4.78, 5) is 0. The number of anilines is 1. The van der Waals surface area contributed by atoms with Gasteiger partial charge in [0.1, 0.15) is 23.0 Å². The molecular formula is C17H16NO5-. The Hall–Kier alpha value is -2.70. The molecule has 3 aromatic rings. The van der Waals surface area contributed by atoms with E-state index >= 15 is 0 Å². The van der Waals surface area contributed by atoms with Gasteiger partial charge < -0.3 is 13.9 Å². The predicted octanol–water partition coefficient (Wildman–Crippen LogP) is 3.33. The van der Waals surface area contributed by atoms with Gasteiger partial charge in [0.15, 0.2) is 0 Å². The normalized spacial score (nSPS) is 11.2. The van der Waals surface area contributed by atoms with E-state index in [0.29, 0.717) is 28.6 Å². The van der Waals surface area contributed by atoms with Crippen LogP contribution in [0.15, 0.2) is 51.3 Å². The number of rotatable bonds is 4. The molecule has 0 atom stereocenters. The monoisotopic (exact) mass is 314 g/mol. The van der Waals surface area contributed by atoms with Crippen LogP contribution in [-0.4, -0.2) is 10.4 Å². The molecule has 0 saturated heterocycles. The highest BCUT2D eigenvalue weighted by Crippen LogP contribution is 2.40. The molecule has 3 rings (SSSR count). The summed E-state index contributed by atoms with van der Waals surface area (Å²) in [5.74, 6) is 1.45. The standard InChI is InChI=1S/C17H17NO5/c1-10-6-8-14(22-10)16(15-9-7-11(2)23-15)12-4-3-5-13(17(12)19)18(20)21/h3-9,16,19-21H,1-2H3/p-1. The molecule has 2 aromatic heterocycles. The van der Waals surface area contributed by atoms with Crippen LogP contribution in [0.3, 0.4) is 0 Å². The van der Waals surface area contributed by atoms with Crippen molar-refractivity contribution in [1.29, 1.82) is 0 Å². The Morgan fingerprint density at radius 1 is 0.913 bits per heavy atom. The van der Waals surface area contributed by atoms with Crippen molar-refractivity contribution in [2.75, 3.05) is 5.23 Å². The average Bonchev–Trinajstić information content (AvgIpc) is 3.10. The lowest BCUT2D eigenvalue weighted by atomic mass is 9.92. The fraction of sp³-hybridized carbons (Fsp3) is 0.176. The van der Waals surface area contributed by atoms with E-state index in [9.17, 15) is 15.5 Å². The Labute approximate surface area is 132 Å². The van der Waals surface area contributed by atoms with Crippen molar-refractivity contribution in [3.05, 3.63) is 71.1 Å². The summed E-state index contributed by atoms with van der Waals surface area (Å²) >= 11 is 0. The predicted molar refractivity (Wildman–Crippen MR) is 79.8 cm³/mol. The summed E-state index contributed by atoms with van der Waals surface area (Å²) in [6, 6.07) is 11.7. The van der Waals surface area contributed by atoms with Crippen LogP contribution in [0.1, 0.15) is 34.5 Å². The quantitative estimate of drug-likeness (QED) is 0.717. The number of furan rings is 2. The van der Waals surface area contributed by atoms with Crippen LogP contribution in [0.4, 0.5) is 5.69 Å². The van der Waals surface area contributed by atoms with Gasteiger partial charge in [0.05, 0.1) is 11.6 Å². The lowest BCUT2D eigenvalue weighted by Crippen LogP contribution is -2.16. The highest BCUT2D eigenvalue weighted by atomic mass is 16.8. The van der Waals surface area contributed by atoms with Gasteiger partial charge in [0, 0.05) is 0 Å². The number of hydrogen-bond acceptors (Lipinski definition) is 6. The van der Waals surface area contributed by atoms with E-state index in [-0.39, 0.29) is 10.9 Å². The van der Waals surface area contributed by atoms with E-state index in [1.54, 1.807) is 36.4 Å². The van der Waals surface area contributed by atoms with Gasteiger partial charge in [-0.25, -0.2) is 0 Å². The molecule has 0 bridgehead atoms. The highest BCUT2D eigenvalue weighted by molar-refractivity contribution is 5.60. The van der Waals surface area contributed by atoms with Crippen molar-refractivity contribution in [3.63, 3.8) is 0 Å². The maximum Gasteiger partial charge on any atom is 0.119 e. The van der Waals surface area contributed by atoms with Crippen molar-refractivity contribution in [3.8, 4) is 5.75 Å². The molecule has 0 spiro atoms. The fourth-order valence-electron chi connectivity index (χ4n) is 2.59. The third kappa shape index (κ3) is 2.81. The molecule has 2 N–H and O–H groups in total. The second-order valence-corrected chi connectivity index (χ2v) is 5.31. The van der Waals surface area contributed by atoms with E-state index < -0.39 is 11.7 Å². The van der Waals surface area contributed by atoms with E-state index in [4.69, 9.17) is 8.83 Å². The van der Waals surface area contributed by atoms with E-state index in [1.807, 2.05) is 13.8 Å². The highest BCUT2D eigenvalue weighted by Gasteiger charge is 2.25. The molecule has 0 aliphatic heterocycles. The molecule has 0 radical (unpaired) electrons. The first-order chi connectivity index (χ1) is 11.0. The van der Waals surface area contributed by atoms with Crippen molar-refractivity contribution in [2.24, 2.45) is 0 Å². The molecule has 0 unspecified atom stereocenters. The van der Waals surface area contributed by atoms with Crippen molar-refractivity contribution >= 4 is 5.69 Å². The van der Waals surface area contributed by atoms with Gasteiger partial charge in [-0.2, -0.15) is 0 Å². The molecule has 0 fully saturated rings. The molecule has 120 valence electrons. The minimum atomic E-state index is -0.565. The summed E-state index contributed by atoms with van der Waals surface area (Å²) in [5, 5.41) is 30.8. The summed E-state index contributed by atoms with van der Waals surface area (Å²) in [6.45, 7) is 3.62. The first kappa shape index (κ1) is 15.2. The van der Waals surface area contributed by atoms with Gasteiger partial charge in [0.25, 0.3) is 0 Å². The lowest BCUT2D eigenvalue weighted by Gasteiger charge is -2.24. The molecule has 0 aliphatic rings. The number of para-hydroxylation sites is 1. The van der Waals surface area contributed by atoms with Crippen LogP contribution in [-0.2, 0) is 0 Å². The topological polar surface area (TPSA) is 93.0 Å². The first-order valence-electron chi connectivity index (χ1n) is 7.08. The average molecular weight is 314 g/mol. The van der Waals surface area contributed by atoms with Gasteiger partial charge >= 0.3 is 0 Å². The lowest BCUT2D eigenvalue weighted by molar-refractivity contribution is -0.269. The smallest absolute Gasteiger partial charge is 0.119 e. The third-order valence-electron chi connectivity index (χ3n) is 3.64. The second-order valence-electron chi connectivity index (χ2n) is 5.31. The molecular weight excluding hydrogens is 298 g/mol. The van der Waals surface area contributed by atoms with Crippen molar-refractivity contribution < 1.29 is 24.4 Å². The zero-order chi connectivity index (χ0) is 16.6. The Morgan fingerprint density at radius 2 is 1.48 bits per heavy atom. The molecule has 6 nitrogen and oxygen atoms in total. The fourth-order valence-corrected chi connectivity index (χ4v) is 2.59. The Balaban J connectivity index is 2.18. The molecule has 1 aromatic carbocycles. The van der Waals surface area contributed by atoms with E-state index in [0.717, 1.165) is 0 Å². The zero-order valence-electron chi connectivity index (χ0n) is 12.7. The molecule has 23 heavy (non-hydrogen) atoms. The number of hydrogen-bond donors (Lipinski definition) is 2. The molecule has 0 aliphatic carbocycles. The van der Waals surface area contributed by atoms with Crippen LogP contribution in [0.25, 0.3) is 0 Å². The maximum absolute atomic E-state index is 12.6. The molecule has 2 heterocycles. The number of aryl methyl sites for hydroxylation is 2. The van der Waals surface area contributed by atoms with Crippen LogP contribution in [0, 0.1) is 13.8 Å². The summed E-state index contributed by atoms with van der Waals surface area (Å²) in [6.07, 6.45) is 0. The van der Waals surface area contributed by atoms with Crippen LogP contribution in [0.2, 0.25) is 0 Å². The number of nitrogens with zero attached hydrogens (tertiary/aromatic N) is 1. The Kier molecular flexibility index (Phi) is 3.85. The SMILES string of the molecule is Cc1ccc(C(c2ccc(C)o2)c2cccc(N(O)O)c2[O-])o1. The largest absolute Gasteiger partial charge is 0.871 e. The van der Waals surface area contributed by atoms with Crippen molar-refractivity contribution in [2.45, 2.75) is 19.8 Å². The molecule has 0 saturated carbocycles. The van der Waals surface area contributed by atoms with Gasteiger partial charge in [-0.1, -0.05) is 17.9 Å². The molecule has 6 heteroatoms. The van der Waals surface area contributed by atoms with Crippen LogP contribution >= 0.6 is 0 Å². The van der Waals surface area contributed by atoms with Gasteiger partial charge in [-0.3, -0.25) is 10.4 Å². The van der Waals surface area contributed by atoms with E-state index in [2.05, 4.69) is 0 Å². The van der Waals surface area contributed by atoms with E-state index in [1.165, 1.54) is 6.07 Å². The van der Waals surface area contributed by atoms with Gasteiger partial charge in [-0.15, -0.1) is 5.23 Å². The van der Waals surface area contributed by atoms with Gasteiger partial charge in [-0.05, 0) is 49.7 Å². The summed E-state index contributed by atoms with van der Waals surface area (Å²) in [5.41, 5.74) is 0.0957. The first-order valence-corrected chi connectivity index (χ1v) is 7.08. The minimum absolute atomic E-state index is 0.177. The Bertz CT molecular complexity index is 778. The van der Waals surface area contributed by atoms with Crippen molar-refractivity contribution in [1.82, 2.24) is 0 Å². The summed E-state index contributed by atoms with van der Waals surface area (Å²) in [7, 11) is 0.